The van der Waals surface area contributed by atoms with Crippen LogP contribution < -0.4 is 10.1 Å². The van der Waals surface area contributed by atoms with Gasteiger partial charge >= 0.3 is 0 Å². The number of carbonyl (C=O) groups is 1. The summed E-state index contributed by atoms with van der Waals surface area (Å²) in [5.41, 5.74) is 5.81. The van der Waals surface area contributed by atoms with Crippen LogP contribution in [0.2, 0.25) is 0 Å². The Bertz CT molecular complexity index is 1030. The minimum Gasteiger partial charge on any atom is -0.483 e. The Morgan fingerprint density at radius 1 is 1.32 bits per heavy atom. The Balaban J connectivity index is 1.80. The standard InChI is InChI=1S/C22H24N2O2S2/c1-12-5-8-16-17(9-12)22(27)28-21(18(16)10-23)24-19(25)11-26-20-14(3)7-6-13(2)15(20)4/h6-7,12H,5,8-9,11H2,1-4H3,(H,24,25). The Morgan fingerprint density at radius 2 is 2.04 bits per heavy atom. The number of ether oxygens (including phenoxy) is 1. The first-order valence-electron chi connectivity index (χ1n) is 9.40. The number of aryl methyl sites for hydroxylation is 2. The van der Waals surface area contributed by atoms with Crippen LogP contribution in [-0.4, -0.2) is 12.5 Å². The number of benzene rings is 1. The highest BCUT2D eigenvalue weighted by molar-refractivity contribution is 7.73. The third-order valence-electron chi connectivity index (χ3n) is 5.36. The lowest BCUT2D eigenvalue weighted by Gasteiger charge is -2.23. The number of fused-ring (bicyclic) bond motifs is 1. The van der Waals surface area contributed by atoms with Crippen LogP contribution in [0.3, 0.4) is 0 Å². The van der Waals surface area contributed by atoms with E-state index in [-0.39, 0.29) is 12.5 Å². The van der Waals surface area contributed by atoms with Crippen molar-refractivity contribution in [1.29, 1.82) is 5.26 Å². The second-order valence-electron chi connectivity index (χ2n) is 7.50. The molecular formula is C22H24N2O2S2. The van der Waals surface area contributed by atoms with E-state index in [1.807, 2.05) is 32.9 Å². The van der Waals surface area contributed by atoms with E-state index >= 15 is 0 Å². The summed E-state index contributed by atoms with van der Waals surface area (Å²) in [6.07, 6.45) is 2.77. The molecule has 1 aliphatic rings. The van der Waals surface area contributed by atoms with E-state index in [1.54, 1.807) is 0 Å². The van der Waals surface area contributed by atoms with Gasteiger partial charge in [-0.2, -0.15) is 5.26 Å². The molecule has 0 bridgehead atoms. The van der Waals surface area contributed by atoms with Crippen LogP contribution in [-0.2, 0) is 17.6 Å². The average Bonchev–Trinajstić information content (AvgIpc) is 2.65. The highest BCUT2D eigenvalue weighted by atomic mass is 32.1. The van der Waals surface area contributed by atoms with Crippen molar-refractivity contribution in [2.24, 2.45) is 5.92 Å². The number of nitrogens with one attached hydrogen (secondary N) is 1. The molecule has 0 aliphatic heterocycles. The van der Waals surface area contributed by atoms with Crippen LogP contribution in [0.25, 0.3) is 0 Å². The molecule has 1 aromatic heterocycles. The molecule has 1 amide bonds. The molecule has 0 fully saturated rings. The van der Waals surface area contributed by atoms with Gasteiger partial charge in [0.05, 0.1) is 9.39 Å². The van der Waals surface area contributed by atoms with Crippen LogP contribution in [0.5, 0.6) is 5.75 Å². The highest BCUT2D eigenvalue weighted by Crippen LogP contribution is 2.36. The van der Waals surface area contributed by atoms with Crippen molar-refractivity contribution in [2.75, 3.05) is 11.9 Å². The molecule has 0 saturated carbocycles. The minimum absolute atomic E-state index is 0.108. The van der Waals surface area contributed by atoms with E-state index in [9.17, 15) is 10.1 Å². The number of rotatable bonds is 4. The van der Waals surface area contributed by atoms with Crippen LogP contribution in [0, 0.1) is 41.8 Å². The van der Waals surface area contributed by atoms with Crippen molar-refractivity contribution in [1.82, 2.24) is 0 Å². The van der Waals surface area contributed by atoms with Crippen molar-refractivity contribution >= 4 is 34.5 Å². The van der Waals surface area contributed by atoms with E-state index in [2.05, 4.69) is 18.3 Å². The molecule has 1 unspecified atom stereocenters. The maximum Gasteiger partial charge on any atom is 0.262 e. The van der Waals surface area contributed by atoms with E-state index < -0.39 is 0 Å². The van der Waals surface area contributed by atoms with Crippen molar-refractivity contribution in [3.63, 3.8) is 0 Å². The topological polar surface area (TPSA) is 62.1 Å². The smallest absolute Gasteiger partial charge is 0.262 e. The molecule has 1 aliphatic carbocycles. The third kappa shape index (κ3) is 4.11. The van der Waals surface area contributed by atoms with Crippen LogP contribution in [0.1, 0.15) is 46.7 Å². The summed E-state index contributed by atoms with van der Waals surface area (Å²) in [5, 5.41) is 13.1. The van der Waals surface area contributed by atoms with Gasteiger partial charge in [0.25, 0.3) is 5.91 Å². The maximum absolute atomic E-state index is 12.5. The average molecular weight is 413 g/mol. The van der Waals surface area contributed by atoms with Crippen molar-refractivity contribution in [2.45, 2.75) is 47.0 Å². The van der Waals surface area contributed by atoms with E-state index in [4.69, 9.17) is 17.0 Å². The zero-order valence-electron chi connectivity index (χ0n) is 16.6. The largest absolute Gasteiger partial charge is 0.483 e. The zero-order chi connectivity index (χ0) is 20.4. The first-order valence-corrected chi connectivity index (χ1v) is 10.6. The van der Waals surface area contributed by atoms with Gasteiger partial charge in [-0.25, -0.2) is 0 Å². The Hall–Kier alpha value is -2.23. The fourth-order valence-corrected chi connectivity index (χ4v) is 5.00. The molecule has 3 rings (SSSR count). The second-order valence-corrected chi connectivity index (χ2v) is 9.19. The van der Waals surface area contributed by atoms with Crippen molar-refractivity contribution < 1.29 is 9.53 Å². The summed E-state index contributed by atoms with van der Waals surface area (Å²) in [6.45, 7) is 8.06. The molecule has 0 radical (unpaired) electrons. The molecule has 1 atom stereocenters. The molecule has 1 heterocycles. The molecule has 28 heavy (non-hydrogen) atoms. The van der Waals surface area contributed by atoms with Gasteiger partial charge in [0.15, 0.2) is 6.61 Å². The van der Waals surface area contributed by atoms with Gasteiger partial charge in [-0.3, -0.25) is 4.79 Å². The first kappa shape index (κ1) is 20.5. The number of hydrogen-bond donors (Lipinski definition) is 1. The summed E-state index contributed by atoms with van der Waals surface area (Å²) in [5.74, 6) is 1.02. The number of carbonyl (C=O) groups excluding carboxylic acids is 1. The summed E-state index contributed by atoms with van der Waals surface area (Å²) >= 11 is 6.86. The van der Waals surface area contributed by atoms with E-state index in [0.717, 1.165) is 56.7 Å². The molecule has 1 N–H and O–H groups in total. The summed E-state index contributed by atoms with van der Waals surface area (Å²) in [7, 11) is 0. The fourth-order valence-electron chi connectivity index (χ4n) is 3.59. The molecule has 0 saturated heterocycles. The molecule has 0 spiro atoms. The van der Waals surface area contributed by atoms with E-state index in [0.29, 0.717) is 16.5 Å². The molecule has 1 aromatic carbocycles. The van der Waals surface area contributed by atoms with Gasteiger partial charge < -0.3 is 10.1 Å². The highest BCUT2D eigenvalue weighted by Gasteiger charge is 2.23. The number of anilines is 1. The number of amides is 1. The van der Waals surface area contributed by atoms with Gasteiger partial charge in [0.1, 0.15) is 16.8 Å². The molecule has 4 nitrogen and oxygen atoms in total. The first-order chi connectivity index (χ1) is 13.3. The predicted molar refractivity (Wildman–Crippen MR) is 116 cm³/mol. The van der Waals surface area contributed by atoms with Crippen LogP contribution in [0.15, 0.2) is 12.1 Å². The SMILES string of the molecule is Cc1ccc(C)c(OCC(=O)Nc2sc(=S)c3c(c2C#N)CCC(C)C3)c1C. The van der Waals surface area contributed by atoms with Gasteiger partial charge in [0, 0.05) is 0 Å². The van der Waals surface area contributed by atoms with E-state index in [1.165, 1.54) is 11.3 Å². The van der Waals surface area contributed by atoms with Gasteiger partial charge in [-0.1, -0.05) is 31.3 Å². The zero-order valence-corrected chi connectivity index (χ0v) is 18.3. The number of hydrogen-bond acceptors (Lipinski definition) is 5. The molecule has 146 valence electrons. The summed E-state index contributed by atoms with van der Waals surface area (Å²) < 4.78 is 6.56. The quantitative estimate of drug-likeness (QED) is 0.682. The second kappa shape index (κ2) is 8.42. The molecule has 6 heteroatoms. The molecular weight excluding hydrogens is 388 g/mol. The minimum atomic E-state index is -0.286. The van der Waals surface area contributed by atoms with Gasteiger partial charge in [-0.05, 0) is 73.8 Å². The normalized spacial score (nSPS) is 15.5. The van der Waals surface area contributed by atoms with Crippen molar-refractivity contribution in [3.8, 4) is 11.8 Å². The predicted octanol–water partition coefficient (Wildman–Crippen LogP) is 5.42. The molecule has 2 aromatic rings. The number of nitriles is 1. The van der Waals surface area contributed by atoms with Gasteiger partial charge in [0.2, 0.25) is 0 Å². The lowest BCUT2D eigenvalue weighted by atomic mass is 9.85. The summed E-state index contributed by atoms with van der Waals surface area (Å²) in [6, 6.07) is 6.30. The monoisotopic (exact) mass is 412 g/mol. The van der Waals surface area contributed by atoms with Crippen LogP contribution in [0.4, 0.5) is 5.00 Å². The maximum atomic E-state index is 12.5. The fraction of sp³-hybridized carbons (Fsp3) is 0.409. The van der Waals surface area contributed by atoms with Gasteiger partial charge in [-0.15, -0.1) is 11.3 Å². The van der Waals surface area contributed by atoms with Crippen molar-refractivity contribution in [3.05, 3.63) is 49.3 Å². The lowest BCUT2D eigenvalue weighted by molar-refractivity contribution is -0.118. The third-order valence-corrected chi connectivity index (χ3v) is 6.80. The Labute approximate surface area is 175 Å². The lowest BCUT2D eigenvalue weighted by Crippen LogP contribution is -2.22. The Morgan fingerprint density at radius 3 is 2.75 bits per heavy atom. The van der Waals surface area contributed by atoms with Crippen LogP contribution >= 0.6 is 23.6 Å². The summed E-state index contributed by atoms with van der Waals surface area (Å²) in [4.78, 5) is 12.5. The Kier molecular flexibility index (Phi) is 6.17. The number of nitrogens with zero attached hydrogens (tertiary/aromatic N) is 1.